The molecular weight excluding hydrogens is 240 g/mol. The molecule has 0 radical (unpaired) electrons. The van der Waals surface area contributed by atoms with Gasteiger partial charge in [0.25, 0.3) is 0 Å². The van der Waals surface area contributed by atoms with Gasteiger partial charge in [-0.1, -0.05) is 20.3 Å². The fourth-order valence-electron chi connectivity index (χ4n) is 2.35. The third kappa shape index (κ3) is 5.39. The predicted molar refractivity (Wildman–Crippen MR) is 78.3 cm³/mol. The molecule has 112 valence electrons. The molecule has 1 aliphatic rings. The third-order valence-corrected chi connectivity index (χ3v) is 3.74. The van der Waals surface area contributed by atoms with Crippen molar-refractivity contribution in [3.8, 4) is 0 Å². The maximum absolute atomic E-state index is 12.0. The van der Waals surface area contributed by atoms with Crippen LogP contribution in [-0.2, 0) is 4.74 Å². The quantitative estimate of drug-likeness (QED) is 0.787. The summed E-state index contributed by atoms with van der Waals surface area (Å²) >= 11 is 0. The minimum absolute atomic E-state index is 0.206. The lowest BCUT2D eigenvalue weighted by atomic mass is 10.1. The van der Waals surface area contributed by atoms with Gasteiger partial charge in [-0.2, -0.15) is 0 Å². The van der Waals surface area contributed by atoms with Crippen molar-refractivity contribution in [2.75, 3.05) is 26.7 Å². The fourth-order valence-corrected chi connectivity index (χ4v) is 2.35. The third-order valence-electron chi connectivity index (χ3n) is 3.74. The molecule has 1 heterocycles. The molecule has 1 amide bonds. The first kappa shape index (κ1) is 16.3. The number of carbonyl (C=O) groups is 1. The summed E-state index contributed by atoms with van der Waals surface area (Å²) in [7, 11) is 1.85. The van der Waals surface area contributed by atoms with Gasteiger partial charge < -0.3 is 14.5 Å². The van der Waals surface area contributed by atoms with Crippen LogP contribution in [0.15, 0.2) is 0 Å². The van der Waals surface area contributed by atoms with Crippen LogP contribution in [0.4, 0.5) is 4.79 Å². The minimum atomic E-state index is -0.416. The number of hydrogen-bond acceptors (Lipinski definition) is 3. The summed E-state index contributed by atoms with van der Waals surface area (Å²) in [4.78, 5) is 16.2. The van der Waals surface area contributed by atoms with E-state index in [2.05, 4.69) is 18.7 Å². The molecule has 0 bridgehead atoms. The van der Waals surface area contributed by atoms with Gasteiger partial charge in [-0.05, 0) is 33.1 Å². The Kier molecular flexibility index (Phi) is 5.65. The molecule has 0 aromatic heterocycles. The average molecular weight is 270 g/mol. The number of nitrogens with zero attached hydrogens (tertiary/aromatic N) is 2. The van der Waals surface area contributed by atoms with E-state index in [4.69, 9.17) is 4.74 Å². The largest absolute Gasteiger partial charge is 0.444 e. The zero-order valence-electron chi connectivity index (χ0n) is 13.4. The summed E-state index contributed by atoms with van der Waals surface area (Å²) in [5.74, 6) is 0.727. The van der Waals surface area contributed by atoms with E-state index in [1.807, 2.05) is 27.8 Å². The summed E-state index contributed by atoms with van der Waals surface area (Å²) in [5.41, 5.74) is -0.416. The molecule has 0 aromatic carbocycles. The van der Waals surface area contributed by atoms with Crippen LogP contribution >= 0.6 is 0 Å². The summed E-state index contributed by atoms with van der Waals surface area (Å²) in [6.07, 6.45) is 2.05. The van der Waals surface area contributed by atoms with E-state index < -0.39 is 5.60 Å². The average Bonchev–Trinajstić information content (AvgIpc) is 2.73. The zero-order valence-corrected chi connectivity index (χ0v) is 13.4. The van der Waals surface area contributed by atoms with E-state index in [0.717, 1.165) is 32.0 Å². The molecule has 2 atom stereocenters. The minimum Gasteiger partial charge on any atom is -0.444 e. The summed E-state index contributed by atoms with van der Waals surface area (Å²) in [6, 6.07) is 0.291. The second-order valence-electron chi connectivity index (χ2n) is 6.81. The molecular formula is C15H30N2O2. The second-order valence-corrected chi connectivity index (χ2v) is 6.81. The van der Waals surface area contributed by atoms with Crippen LogP contribution in [0.1, 0.15) is 47.5 Å². The molecule has 0 spiro atoms. The summed E-state index contributed by atoms with van der Waals surface area (Å²) < 4.78 is 5.42. The van der Waals surface area contributed by atoms with Crippen molar-refractivity contribution >= 4 is 6.09 Å². The Morgan fingerprint density at radius 1 is 1.47 bits per heavy atom. The molecule has 19 heavy (non-hydrogen) atoms. The maximum Gasteiger partial charge on any atom is 0.410 e. The smallest absolute Gasteiger partial charge is 0.410 e. The van der Waals surface area contributed by atoms with Gasteiger partial charge >= 0.3 is 6.09 Å². The highest BCUT2D eigenvalue weighted by Crippen LogP contribution is 2.19. The van der Waals surface area contributed by atoms with Crippen molar-refractivity contribution in [2.24, 2.45) is 5.92 Å². The maximum atomic E-state index is 12.0. The van der Waals surface area contributed by atoms with Crippen LogP contribution in [0.25, 0.3) is 0 Å². The predicted octanol–water partition coefficient (Wildman–Crippen LogP) is 2.97. The lowest BCUT2D eigenvalue weighted by Gasteiger charge is -2.29. The molecule has 4 nitrogen and oxygen atoms in total. The number of rotatable bonds is 4. The number of amides is 1. The van der Waals surface area contributed by atoms with E-state index >= 15 is 0 Å². The number of ether oxygens (including phenoxy) is 1. The van der Waals surface area contributed by atoms with E-state index in [1.165, 1.54) is 6.42 Å². The molecule has 0 aromatic rings. The number of hydrogen-bond donors (Lipinski definition) is 0. The molecule has 0 saturated carbocycles. The van der Waals surface area contributed by atoms with E-state index in [0.29, 0.717) is 6.04 Å². The molecule has 2 unspecified atom stereocenters. The SMILES string of the molecule is CCC(C)CN1CCC(N(C)C(=O)OC(C)(C)C)C1. The van der Waals surface area contributed by atoms with Crippen LogP contribution < -0.4 is 0 Å². The second kappa shape index (κ2) is 6.60. The number of carbonyl (C=O) groups excluding carboxylic acids is 1. The van der Waals surface area contributed by atoms with Gasteiger partial charge in [0.05, 0.1) is 0 Å². The van der Waals surface area contributed by atoms with Crippen molar-refractivity contribution in [3.63, 3.8) is 0 Å². The Balaban J connectivity index is 2.43. The molecule has 0 N–H and O–H groups in total. The van der Waals surface area contributed by atoms with Crippen LogP contribution in [0.3, 0.4) is 0 Å². The van der Waals surface area contributed by atoms with Gasteiger partial charge in [0.2, 0.25) is 0 Å². The summed E-state index contributed by atoms with van der Waals surface area (Å²) in [5, 5.41) is 0. The highest BCUT2D eigenvalue weighted by atomic mass is 16.6. The molecule has 1 rings (SSSR count). The Morgan fingerprint density at radius 3 is 2.63 bits per heavy atom. The Bertz CT molecular complexity index is 299. The van der Waals surface area contributed by atoms with Crippen LogP contribution in [-0.4, -0.2) is 54.2 Å². The van der Waals surface area contributed by atoms with Gasteiger partial charge in [0.1, 0.15) is 5.60 Å². The van der Waals surface area contributed by atoms with Gasteiger partial charge in [-0.25, -0.2) is 4.79 Å². The van der Waals surface area contributed by atoms with E-state index in [1.54, 1.807) is 4.90 Å². The number of likely N-dealkylation sites (tertiary alicyclic amines) is 1. The van der Waals surface area contributed by atoms with Gasteiger partial charge in [0.15, 0.2) is 0 Å². The first-order chi connectivity index (χ1) is 8.73. The van der Waals surface area contributed by atoms with Crippen molar-refractivity contribution in [3.05, 3.63) is 0 Å². The van der Waals surface area contributed by atoms with Crippen molar-refractivity contribution in [2.45, 2.75) is 59.1 Å². The van der Waals surface area contributed by atoms with Crippen molar-refractivity contribution in [1.82, 2.24) is 9.80 Å². The topological polar surface area (TPSA) is 32.8 Å². The van der Waals surface area contributed by atoms with Crippen LogP contribution in [0.5, 0.6) is 0 Å². The normalized spacial score (nSPS) is 22.3. The van der Waals surface area contributed by atoms with Gasteiger partial charge in [-0.3, -0.25) is 0 Å². The first-order valence-electron chi connectivity index (χ1n) is 7.41. The van der Waals surface area contributed by atoms with Gasteiger partial charge in [-0.15, -0.1) is 0 Å². The first-order valence-corrected chi connectivity index (χ1v) is 7.41. The van der Waals surface area contributed by atoms with E-state index in [9.17, 15) is 4.79 Å². The van der Waals surface area contributed by atoms with E-state index in [-0.39, 0.29) is 6.09 Å². The van der Waals surface area contributed by atoms with Crippen molar-refractivity contribution < 1.29 is 9.53 Å². The molecule has 1 fully saturated rings. The fraction of sp³-hybridized carbons (Fsp3) is 0.933. The van der Waals surface area contributed by atoms with Crippen LogP contribution in [0.2, 0.25) is 0 Å². The monoisotopic (exact) mass is 270 g/mol. The van der Waals surface area contributed by atoms with Crippen LogP contribution in [0, 0.1) is 5.92 Å². The number of likely N-dealkylation sites (N-methyl/N-ethyl adjacent to an activating group) is 1. The summed E-state index contributed by atoms with van der Waals surface area (Å²) in [6.45, 7) is 13.4. The Morgan fingerprint density at radius 2 is 2.11 bits per heavy atom. The standard InChI is InChI=1S/C15H30N2O2/c1-7-12(2)10-17-9-8-13(11-17)16(6)14(18)19-15(3,4)5/h12-13H,7-11H2,1-6H3. The molecule has 1 saturated heterocycles. The lowest BCUT2D eigenvalue weighted by Crippen LogP contribution is -2.42. The molecule has 4 heteroatoms. The lowest BCUT2D eigenvalue weighted by molar-refractivity contribution is 0.0228. The highest BCUT2D eigenvalue weighted by molar-refractivity contribution is 5.68. The molecule has 0 aliphatic carbocycles. The van der Waals surface area contributed by atoms with Crippen molar-refractivity contribution in [1.29, 1.82) is 0 Å². The zero-order chi connectivity index (χ0) is 14.6. The Hall–Kier alpha value is -0.770. The molecule has 1 aliphatic heterocycles. The Labute approximate surface area is 118 Å². The van der Waals surface area contributed by atoms with Gasteiger partial charge in [0, 0.05) is 32.7 Å². The highest BCUT2D eigenvalue weighted by Gasteiger charge is 2.31.